The summed E-state index contributed by atoms with van der Waals surface area (Å²) in [6.45, 7) is 3.99. The Balaban J connectivity index is 2.12. The molecule has 6 heteroatoms. The monoisotopic (exact) mass is 342 g/mol. The average Bonchev–Trinajstić information content (AvgIpc) is 2.85. The van der Waals surface area contributed by atoms with E-state index < -0.39 is 0 Å². The first kappa shape index (κ1) is 16.3. The van der Waals surface area contributed by atoms with Crippen LogP contribution in [0.15, 0.2) is 24.3 Å². The number of amides is 1. The van der Waals surface area contributed by atoms with Crippen molar-refractivity contribution in [3.63, 3.8) is 0 Å². The molecule has 1 unspecified atom stereocenters. The molecule has 0 saturated heterocycles. The van der Waals surface area contributed by atoms with E-state index in [2.05, 4.69) is 17.2 Å². The molecule has 0 spiro atoms. The van der Waals surface area contributed by atoms with Crippen molar-refractivity contribution in [2.24, 2.45) is 0 Å². The molecular formula is C15H16Cl2N2OS. The molecular weight excluding hydrogens is 327 g/mol. The normalized spacial score (nSPS) is 12.2. The zero-order chi connectivity index (χ0) is 15.4. The van der Waals surface area contributed by atoms with Gasteiger partial charge in [0.15, 0.2) is 0 Å². The lowest BCUT2D eigenvalue weighted by Crippen LogP contribution is -2.26. The number of carbonyl (C=O) groups is 1. The third kappa shape index (κ3) is 4.43. The van der Waals surface area contributed by atoms with Crippen LogP contribution in [0.3, 0.4) is 0 Å². The molecule has 0 aliphatic rings. The van der Waals surface area contributed by atoms with Crippen LogP contribution >= 0.6 is 34.5 Å². The molecule has 1 atom stereocenters. The number of hydrogen-bond donors (Lipinski definition) is 1. The predicted molar refractivity (Wildman–Crippen MR) is 88.5 cm³/mol. The van der Waals surface area contributed by atoms with E-state index in [1.54, 1.807) is 12.1 Å². The van der Waals surface area contributed by atoms with Gasteiger partial charge in [-0.25, -0.2) is 4.98 Å². The van der Waals surface area contributed by atoms with Gasteiger partial charge >= 0.3 is 0 Å². The van der Waals surface area contributed by atoms with Gasteiger partial charge < -0.3 is 5.32 Å². The van der Waals surface area contributed by atoms with Crippen LogP contribution in [0.2, 0.25) is 9.49 Å². The summed E-state index contributed by atoms with van der Waals surface area (Å²) in [5.74, 6) is -0.159. The predicted octanol–water partition coefficient (Wildman–Crippen LogP) is 4.89. The Morgan fingerprint density at radius 1 is 1.38 bits per heavy atom. The highest BCUT2D eigenvalue weighted by Crippen LogP contribution is 2.27. The van der Waals surface area contributed by atoms with E-state index in [4.69, 9.17) is 23.2 Å². The molecule has 0 fully saturated rings. The Morgan fingerprint density at radius 3 is 2.76 bits per heavy atom. The topological polar surface area (TPSA) is 42.0 Å². The van der Waals surface area contributed by atoms with Crippen LogP contribution in [0.1, 0.15) is 47.2 Å². The zero-order valence-electron chi connectivity index (χ0n) is 11.8. The largest absolute Gasteiger partial charge is 0.345 e. The summed E-state index contributed by atoms with van der Waals surface area (Å²) < 4.78 is 0.711. The first-order valence-electron chi connectivity index (χ1n) is 6.72. The molecule has 112 valence electrons. The van der Waals surface area contributed by atoms with Crippen molar-refractivity contribution >= 4 is 40.4 Å². The Morgan fingerprint density at radius 2 is 2.14 bits per heavy atom. The number of aryl methyl sites for hydroxylation is 1. The Labute approximate surface area is 138 Å². The van der Waals surface area contributed by atoms with Crippen LogP contribution in [-0.2, 0) is 6.42 Å². The highest BCUT2D eigenvalue weighted by Gasteiger charge is 2.14. The maximum absolute atomic E-state index is 12.3. The van der Waals surface area contributed by atoms with Gasteiger partial charge in [0.25, 0.3) is 5.91 Å². The van der Waals surface area contributed by atoms with E-state index in [1.165, 1.54) is 11.3 Å². The molecule has 21 heavy (non-hydrogen) atoms. The Bertz CT molecular complexity index is 642. The van der Waals surface area contributed by atoms with Crippen LogP contribution < -0.4 is 5.32 Å². The van der Waals surface area contributed by atoms with Crippen molar-refractivity contribution in [1.29, 1.82) is 0 Å². The number of nitrogens with one attached hydrogen (secondary N) is 1. The Hall–Kier alpha value is -1.10. The molecule has 1 N–H and O–H groups in total. The molecule has 1 amide bonds. The van der Waals surface area contributed by atoms with Gasteiger partial charge in [-0.1, -0.05) is 36.5 Å². The first-order chi connectivity index (χ1) is 9.99. The lowest BCUT2D eigenvalue weighted by Gasteiger charge is -2.13. The van der Waals surface area contributed by atoms with Crippen molar-refractivity contribution < 1.29 is 4.79 Å². The van der Waals surface area contributed by atoms with Gasteiger partial charge in [0, 0.05) is 16.1 Å². The molecule has 0 bridgehead atoms. The molecule has 2 rings (SSSR count). The summed E-state index contributed by atoms with van der Waals surface area (Å²) in [6, 6.07) is 7.02. The van der Waals surface area contributed by atoms with E-state index in [1.807, 2.05) is 19.1 Å². The highest BCUT2D eigenvalue weighted by molar-refractivity contribution is 7.16. The van der Waals surface area contributed by atoms with Gasteiger partial charge in [-0.05, 0) is 37.6 Å². The van der Waals surface area contributed by atoms with Crippen LogP contribution in [-0.4, -0.2) is 10.9 Å². The van der Waals surface area contributed by atoms with Crippen molar-refractivity contribution in [3.8, 4) is 0 Å². The van der Waals surface area contributed by atoms with Gasteiger partial charge in [0.2, 0.25) is 0 Å². The van der Waals surface area contributed by atoms with Crippen molar-refractivity contribution in [1.82, 2.24) is 10.3 Å². The van der Waals surface area contributed by atoms with E-state index in [0.717, 1.165) is 23.4 Å². The molecule has 2 aromatic rings. The summed E-state index contributed by atoms with van der Waals surface area (Å²) >= 11 is 13.4. The number of thiophene rings is 1. The lowest BCUT2D eigenvalue weighted by molar-refractivity contribution is 0.0940. The smallest absolute Gasteiger partial charge is 0.251 e. The average molecular weight is 343 g/mol. The molecule has 2 aromatic heterocycles. The number of halogens is 2. The van der Waals surface area contributed by atoms with E-state index in [0.29, 0.717) is 15.1 Å². The summed E-state index contributed by atoms with van der Waals surface area (Å²) in [7, 11) is 0. The van der Waals surface area contributed by atoms with Crippen LogP contribution in [0, 0.1) is 0 Å². The van der Waals surface area contributed by atoms with E-state index in [9.17, 15) is 4.79 Å². The van der Waals surface area contributed by atoms with Crippen LogP contribution in [0.5, 0.6) is 0 Å². The van der Waals surface area contributed by atoms with Crippen molar-refractivity contribution in [2.45, 2.75) is 32.7 Å². The van der Waals surface area contributed by atoms with Gasteiger partial charge in [-0.3, -0.25) is 4.79 Å². The lowest BCUT2D eigenvalue weighted by atomic mass is 10.1. The third-order valence-electron chi connectivity index (χ3n) is 2.98. The number of carbonyl (C=O) groups excluding carboxylic acids is 1. The van der Waals surface area contributed by atoms with Crippen molar-refractivity contribution in [2.75, 3.05) is 0 Å². The SMILES string of the molecule is CCCc1cc(C(=O)NC(C)c2ccc(Cl)s2)cc(Cl)n1. The molecule has 0 aliphatic heterocycles. The quantitative estimate of drug-likeness (QED) is 0.785. The minimum Gasteiger partial charge on any atom is -0.345 e. The maximum atomic E-state index is 12.3. The molecule has 3 nitrogen and oxygen atoms in total. The summed E-state index contributed by atoms with van der Waals surface area (Å²) in [5, 5.41) is 3.29. The number of nitrogens with zero attached hydrogens (tertiary/aromatic N) is 1. The molecule has 2 heterocycles. The first-order valence-corrected chi connectivity index (χ1v) is 8.29. The Kier molecular flexibility index (Phi) is 5.62. The fourth-order valence-corrected chi connectivity index (χ4v) is 3.27. The summed E-state index contributed by atoms with van der Waals surface area (Å²) in [5.41, 5.74) is 1.37. The standard InChI is InChI=1S/C15H16Cl2N2OS/c1-3-4-11-7-10(8-13(16)19-11)15(20)18-9(2)12-5-6-14(17)21-12/h5-9H,3-4H2,1-2H3,(H,18,20). The van der Waals surface area contributed by atoms with Gasteiger partial charge in [0.1, 0.15) is 5.15 Å². The second kappa shape index (κ2) is 7.25. The second-order valence-corrected chi connectivity index (χ2v) is 6.89. The summed E-state index contributed by atoms with van der Waals surface area (Å²) in [6.07, 6.45) is 1.76. The summed E-state index contributed by atoms with van der Waals surface area (Å²) in [4.78, 5) is 17.6. The third-order valence-corrected chi connectivity index (χ3v) is 4.59. The molecule has 0 aromatic carbocycles. The fraction of sp³-hybridized carbons (Fsp3) is 0.333. The van der Waals surface area contributed by atoms with Gasteiger partial charge in [-0.15, -0.1) is 11.3 Å². The number of hydrogen-bond acceptors (Lipinski definition) is 3. The second-order valence-electron chi connectivity index (χ2n) is 4.76. The zero-order valence-corrected chi connectivity index (χ0v) is 14.1. The van der Waals surface area contributed by atoms with Gasteiger partial charge in [0.05, 0.1) is 10.4 Å². The highest BCUT2D eigenvalue weighted by atomic mass is 35.5. The van der Waals surface area contributed by atoms with Crippen LogP contribution in [0.4, 0.5) is 0 Å². The number of pyridine rings is 1. The minimum atomic E-state index is -0.159. The number of aromatic nitrogens is 1. The van der Waals surface area contributed by atoms with E-state index in [-0.39, 0.29) is 11.9 Å². The maximum Gasteiger partial charge on any atom is 0.251 e. The molecule has 0 aliphatic carbocycles. The van der Waals surface area contributed by atoms with Crippen molar-refractivity contribution in [3.05, 3.63) is 49.9 Å². The van der Waals surface area contributed by atoms with Crippen LogP contribution in [0.25, 0.3) is 0 Å². The number of rotatable bonds is 5. The minimum absolute atomic E-state index is 0.100. The van der Waals surface area contributed by atoms with Gasteiger partial charge in [-0.2, -0.15) is 0 Å². The van der Waals surface area contributed by atoms with E-state index >= 15 is 0 Å². The molecule has 0 radical (unpaired) electrons. The molecule has 0 saturated carbocycles. The fourth-order valence-electron chi connectivity index (χ4n) is 1.98.